The molecular formula is C12H24O3. The van der Waals surface area contributed by atoms with E-state index in [0.717, 1.165) is 19.3 Å². The van der Waals surface area contributed by atoms with Gasteiger partial charge in [-0.05, 0) is 12.3 Å². The lowest BCUT2D eigenvalue weighted by molar-refractivity contribution is -0.144. The molecule has 0 bridgehead atoms. The maximum Gasteiger partial charge on any atom is 0.306 e. The summed E-state index contributed by atoms with van der Waals surface area (Å²) in [5.74, 6) is -1.45. The molecule has 0 spiro atoms. The molecule has 0 aromatic carbocycles. The molecule has 3 unspecified atom stereocenters. The monoisotopic (exact) mass is 216 g/mol. The molecule has 0 aromatic rings. The number of unbranched alkanes of at least 4 members (excludes halogenated alkanes) is 3. The molecule has 0 aliphatic rings. The van der Waals surface area contributed by atoms with Crippen LogP contribution < -0.4 is 0 Å². The minimum absolute atomic E-state index is 0.163. The smallest absolute Gasteiger partial charge is 0.306 e. The van der Waals surface area contributed by atoms with E-state index in [2.05, 4.69) is 6.92 Å². The number of aliphatic carboxylic acids is 1. The van der Waals surface area contributed by atoms with Crippen molar-refractivity contribution in [3.8, 4) is 0 Å². The van der Waals surface area contributed by atoms with Gasteiger partial charge in [0.1, 0.15) is 0 Å². The van der Waals surface area contributed by atoms with Gasteiger partial charge >= 0.3 is 5.97 Å². The third-order valence-corrected chi connectivity index (χ3v) is 3.14. The number of hydrogen-bond donors (Lipinski definition) is 2. The van der Waals surface area contributed by atoms with Gasteiger partial charge in [-0.25, -0.2) is 0 Å². The van der Waals surface area contributed by atoms with Crippen molar-refractivity contribution in [2.75, 3.05) is 0 Å². The molecule has 0 amide bonds. The first kappa shape index (κ1) is 14.4. The molecule has 0 heterocycles. The lowest BCUT2D eigenvalue weighted by atomic mass is 9.88. The fraction of sp³-hybridized carbons (Fsp3) is 0.917. The van der Waals surface area contributed by atoms with Gasteiger partial charge in [-0.15, -0.1) is 0 Å². The highest BCUT2D eigenvalue weighted by Crippen LogP contribution is 2.20. The van der Waals surface area contributed by atoms with Gasteiger partial charge < -0.3 is 10.2 Å². The minimum atomic E-state index is -0.824. The molecule has 0 radical (unpaired) electrons. The summed E-state index contributed by atoms with van der Waals surface area (Å²) in [6.07, 6.45) is 4.73. The second-order valence-corrected chi connectivity index (χ2v) is 4.40. The Morgan fingerprint density at radius 3 is 2.27 bits per heavy atom. The molecule has 2 N–H and O–H groups in total. The molecule has 0 saturated heterocycles. The van der Waals surface area contributed by atoms with Crippen LogP contribution >= 0.6 is 0 Å². The van der Waals surface area contributed by atoms with Gasteiger partial charge in [0.25, 0.3) is 0 Å². The highest BCUT2D eigenvalue weighted by atomic mass is 16.4. The van der Waals surface area contributed by atoms with Crippen molar-refractivity contribution in [3.63, 3.8) is 0 Å². The van der Waals surface area contributed by atoms with Gasteiger partial charge in [-0.3, -0.25) is 4.79 Å². The first-order valence-corrected chi connectivity index (χ1v) is 5.91. The zero-order chi connectivity index (χ0) is 11.8. The third-order valence-electron chi connectivity index (χ3n) is 3.14. The van der Waals surface area contributed by atoms with Crippen LogP contribution in [0, 0.1) is 11.8 Å². The summed E-state index contributed by atoms with van der Waals surface area (Å²) < 4.78 is 0. The van der Waals surface area contributed by atoms with E-state index in [1.165, 1.54) is 12.8 Å². The van der Waals surface area contributed by atoms with Crippen LogP contribution in [-0.4, -0.2) is 22.3 Å². The molecule has 90 valence electrons. The molecule has 0 aliphatic heterocycles. The Bertz CT molecular complexity index is 180. The van der Waals surface area contributed by atoms with Crippen molar-refractivity contribution >= 4 is 5.97 Å². The maximum atomic E-state index is 10.7. The largest absolute Gasteiger partial charge is 0.481 e. The molecule has 0 aliphatic carbocycles. The van der Waals surface area contributed by atoms with Crippen LogP contribution in [0.5, 0.6) is 0 Å². The van der Waals surface area contributed by atoms with Crippen LogP contribution in [0.1, 0.15) is 52.9 Å². The van der Waals surface area contributed by atoms with Gasteiger partial charge in [-0.2, -0.15) is 0 Å². The Hall–Kier alpha value is -0.570. The first-order valence-electron chi connectivity index (χ1n) is 5.91. The lowest BCUT2D eigenvalue weighted by Gasteiger charge is -2.22. The van der Waals surface area contributed by atoms with Crippen LogP contribution in [0.4, 0.5) is 0 Å². The summed E-state index contributed by atoms with van der Waals surface area (Å²) in [5.41, 5.74) is 0. The number of rotatable bonds is 8. The van der Waals surface area contributed by atoms with Gasteiger partial charge in [0.2, 0.25) is 0 Å². The number of hydrogen-bond acceptors (Lipinski definition) is 2. The molecule has 3 heteroatoms. The number of carboxylic acid groups (broad SMARTS) is 1. The maximum absolute atomic E-state index is 10.7. The average Bonchev–Trinajstić information content (AvgIpc) is 2.21. The highest BCUT2D eigenvalue weighted by Gasteiger charge is 2.25. The minimum Gasteiger partial charge on any atom is -0.481 e. The third kappa shape index (κ3) is 5.78. The van der Waals surface area contributed by atoms with Crippen molar-refractivity contribution in [3.05, 3.63) is 0 Å². The van der Waals surface area contributed by atoms with Crippen molar-refractivity contribution in [1.82, 2.24) is 0 Å². The Kier molecular flexibility index (Phi) is 7.39. The van der Waals surface area contributed by atoms with E-state index in [4.69, 9.17) is 5.11 Å². The number of carboxylic acids is 1. The van der Waals surface area contributed by atoms with Crippen molar-refractivity contribution in [1.29, 1.82) is 0 Å². The highest BCUT2D eigenvalue weighted by molar-refractivity contribution is 5.69. The van der Waals surface area contributed by atoms with Crippen LogP contribution in [0.25, 0.3) is 0 Å². The van der Waals surface area contributed by atoms with E-state index >= 15 is 0 Å². The second kappa shape index (κ2) is 7.69. The molecule has 0 fully saturated rings. The van der Waals surface area contributed by atoms with Crippen LogP contribution in [-0.2, 0) is 4.79 Å². The zero-order valence-corrected chi connectivity index (χ0v) is 10.1. The topological polar surface area (TPSA) is 57.5 Å². The van der Waals surface area contributed by atoms with Crippen molar-refractivity contribution in [2.24, 2.45) is 11.8 Å². The molecule has 0 rings (SSSR count). The summed E-state index contributed by atoms with van der Waals surface area (Å²) in [6.45, 7) is 5.61. The quantitative estimate of drug-likeness (QED) is 0.613. The van der Waals surface area contributed by atoms with Crippen molar-refractivity contribution in [2.45, 2.75) is 59.0 Å². The molecular weight excluding hydrogens is 192 g/mol. The second-order valence-electron chi connectivity index (χ2n) is 4.40. The Balaban J connectivity index is 3.78. The fourth-order valence-electron chi connectivity index (χ4n) is 1.60. The predicted octanol–water partition coefficient (Wildman–Crippen LogP) is 2.67. The normalized spacial score (nSPS) is 17.1. The van der Waals surface area contributed by atoms with Crippen molar-refractivity contribution < 1.29 is 15.0 Å². The fourth-order valence-corrected chi connectivity index (χ4v) is 1.60. The number of carbonyl (C=O) groups is 1. The zero-order valence-electron chi connectivity index (χ0n) is 10.1. The van der Waals surface area contributed by atoms with Crippen LogP contribution in [0.15, 0.2) is 0 Å². The van der Waals surface area contributed by atoms with Gasteiger partial charge in [0, 0.05) is 0 Å². The number of aliphatic hydroxyl groups is 1. The Labute approximate surface area is 92.5 Å². The SMILES string of the molecule is CCCCCCC(O)C(C)C(C)C(=O)O. The first-order chi connectivity index (χ1) is 7.00. The Morgan fingerprint density at radius 2 is 1.80 bits per heavy atom. The lowest BCUT2D eigenvalue weighted by Crippen LogP contribution is -2.28. The summed E-state index contributed by atoms with van der Waals surface area (Å²) in [4.78, 5) is 10.7. The van der Waals surface area contributed by atoms with E-state index in [1.807, 2.05) is 6.92 Å². The van der Waals surface area contributed by atoms with E-state index < -0.39 is 18.0 Å². The van der Waals surface area contributed by atoms with Gasteiger partial charge in [0.05, 0.1) is 12.0 Å². The van der Waals surface area contributed by atoms with E-state index in [9.17, 15) is 9.90 Å². The van der Waals surface area contributed by atoms with Crippen LogP contribution in [0.2, 0.25) is 0 Å². The molecule has 3 nitrogen and oxygen atoms in total. The number of aliphatic hydroxyl groups excluding tert-OH is 1. The van der Waals surface area contributed by atoms with Crippen LogP contribution in [0.3, 0.4) is 0 Å². The summed E-state index contributed by atoms with van der Waals surface area (Å²) in [5, 5.41) is 18.6. The van der Waals surface area contributed by atoms with Gasteiger partial charge in [-0.1, -0.05) is 46.5 Å². The summed E-state index contributed by atoms with van der Waals surface area (Å²) in [7, 11) is 0. The van der Waals surface area contributed by atoms with Gasteiger partial charge in [0.15, 0.2) is 0 Å². The molecule has 3 atom stereocenters. The summed E-state index contributed by atoms with van der Waals surface area (Å²) >= 11 is 0. The average molecular weight is 216 g/mol. The Morgan fingerprint density at radius 1 is 1.20 bits per heavy atom. The van der Waals surface area contributed by atoms with E-state index in [0.29, 0.717) is 0 Å². The molecule has 0 aromatic heterocycles. The van der Waals surface area contributed by atoms with E-state index in [1.54, 1.807) is 6.92 Å². The van der Waals surface area contributed by atoms with E-state index in [-0.39, 0.29) is 5.92 Å². The molecule has 15 heavy (non-hydrogen) atoms. The predicted molar refractivity (Wildman–Crippen MR) is 60.7 cm³/mol. The standard InChI is InChI=1S/C12H24O3/c1-4-5-6-7-8-11(13)9(2)10(3)12(14)15/h9-11,13H,4-8H2,1-3H3,(H,14,15). The molecule has 0 saturated carbocycles. The summed E-state index contributed by atoms with van der Waals surface area (Å²) in [6, 6.07) is 0.